The minimum atomic E-state index is -3.96. The van der Waals surface area contributed by atoms with Gasteiger partial charge < -0.3 is 14.6 Å². The van der Waals surface area contributed by atoms with Crippen LogP contribution >= 0.6 is 0 Å². The Kier molecular flexibility index (Phi) is 6.26. The van der Waals surface area contributed by atoms with Crippen molar-refractivity contribution >= 4 is 21.6 Å². The third kappa shape index (κ3) is 4.97. The van der Waals surface area contributed by atoms with Crippen molar-refractivity contribution in [2.24, 2.45) is 0 Å². The van der Waals surface area contributed by atoms with Gasteiger partial charge in [-0.05, 0) is 56.2 Å². The maximum absolute atomic E-state index is 12.8. The van der Waals surface area contributed by atoms with Crippen LogP contribution in [0.2, 0.25) is 0 Å². The van der Waals surface area contributed by atoms with Gasteiger partial charge in [-0.1, -0.05) is 12.8 Å². The van der Waals surface area contributed by atoms with E-state index in [1.807, 2.05) is 0 Å². The fraction of sp³-hybridized carbons (Fsp3) is 0.400. The second-order valence-electron chi connectivity index (χ2n) is 7.11. The van der Waals surface area contributed by atoms with E-state index in [1.165, 1.54) is 42.0 Å². The van der Waals surface area contributed by atoms with Crippen LogP contribution in [0.3, 0.4) is 0 Å². The Labute approximate surface area is 169 Å². The fourth-order valence-corrected chi connectivity index (χ4v) is 4.45. The van der Waals surface area contributed by atoms with Crippen LogP contribution in [0.4, 0.5) is 5.69 Å². The lowest BCUT2D eigenvalue weighted by atomic mass is 10.2. The van der Waals surface area contributed by atoms with Gasteiger partial charge in [0.2, 0.25) is 5.91 Å². The average Bonchev–Trinajstić information content (AvgIpc) is 3.20. The number of hydrogen-bond donors (Lipinski definition) is 2. The van der Waals surface area contributed by atoms with Crippen LogP contribution in [0.5, 0.6) is 5.75 Å². The standard InChI is InChI=1S/C20H25N3O5S/c1-14-7-12-18(22-29(26,27)17-10-8-16(28-2)9-11-17)20(25)23(14)13-19(24)21-15-5-3-4-6-15/h7-12,15,22H,3-6,13H2,1-2H3,(H,21,24). The second-order valence-corrected chi connectivity index (χ2v) is 8.79. The van der Waals surface area contributed by atoms with Crippen molar-refractivity contribution in [3.05, 3.63) is 52.4 Å². The molecule has 1 aromatic heterocycles. The molecule has 0 atom stereocenters. The van der Waals surface area contributed by atoms with Gasteiger partial charge in [-0.25, -0.2) is 8.42 Å². The predicted octanol–water partition coefficient (Wildman–Crippen LogP) is 2.02. The van der Waals surface area contributed by atoms with Gasteiger partial charge in [0, 0.05) is 11.7 Å². The number of anilines is 1. The summed E-state index contributed by atoms with van der Waals surface area (Å²) in [7, 11) is -2.47. The molecule has 1 fully saturated rings. The molecular weight excluding hydrogens is 394 g/mol. The summed E-state index contributed by atoms with van der Waals surface area (Å²) in [5, 5.41) is 2.94. The van der Waals surface area contributed by atoms with Crippen LogP contribution in [0.25, 0.3) is 0 Å². The van der Waals surface area contributed by atoms with Crippen molar-refractivity contribution in [2.75, 3.05) is 11.8 Å². The molecule has 3 rings (SSSR count). The largest absolute Gasteiger partial charge is 0.497 e. The maximum Gasteiger partial charge on any atom is 0.275 e. The molecule has 2 N–H and O–H groups in total. The molecular formula is C20H25N3O5S. The van der Waals surface area contributed by atoms with E-state index in [-0.39, 0.29) is 29.1 Å². The van der Waals surface area contributed by atoms with Crippen molar-refractivity contribution in [1.82, 2.24) is 9.88 Å². The van der Waals surface area contributed by atoms with Gasteiger partial charge in [0.25, 0.3) is 15.6 Å². The highest BCUT2D eigenvalue weighted by atomic mass is 32.2. The Morgan fingerprint density at radius 2 is 1.79 bits per heavy atom. The number of carbonyl (C=O) groups is 1. The molecule has 0 aliphatic heterocycles. The Morgan fingerprint density at radius 1 is 1.14 bits per heavy atom. The van der Waals surface area contributed by atoms with Gasteiger partial charge in [-0.3, -0.25) is 14.3 Å². The number of carbonyl (C=O) groups excluding carboxylic acids is 1. The van der Waals surface area contributed by atoms with Gasteiger partial charge in [-0.2, -0.15) is 0 Å². The van der Waals surface area contributed by atoms with E-state index in [0.717, 1.165) is 25.7 Å². The first-order valence-electron chi connectivity index (χ1n) is 9.47. The number of amides is 1. The van der Waals surface area contributed by atoms with E-state index in [2.05, 4.69) is 10.0 Å². The lowest BCUT2D eigenvalue weighted by Gasteiger charge is -2.16. The molecule has 8 nitrogen and oxygen atoms in total. The number of sulfonamides is 1. The summed E-state index contributed by atoms with van der Waals surface area (Å²) in [5.41, 5.74) is -0.104. The monoisotopic (exact) mass is 419 g/mol. The SMILES string of the molecule is COc1ccc(S(=O)(=O)Nc2ccc(C)n(CC(=O)NC3CCCC3)c2=O)cc1. The lowest BCUT2D eigenvalue weighted by Crippen LogP contribution is -2.38. The summed E-state index contributed by atoms with van der Waals surface area (Å²) in [6.07, 6.45) is 4.07. The molecule has 0 unspecified atom stereocenters. The Bertz CT molecular complexity index is 1040. The number of benzene rings is 1. The number of ether oxygens (including phenoxy) is 1. The number of rotatable bonds is 7. The summed E-state index contributed by atoms with van der Waals surface area (Å²) in [4.78, 5) is 25.1. The quantitative estimate of drug-likeness (QED) is 0.714. The van der Waals surface area contributed by atoms with E-state index in [9.17, 15) is 18.0 Å². The van der Waals surface area contributed by atoms with Crippen molar-refractivity contribution in [1.29, 1.82) is 0 Å². The van der Waals surface area contributed by atoms with Crippen LogP contribution in [0.1, 0.15) is 31.4 Å². The number of aromatic nitrogens is 1. The minimum Gasteiger partial charge on any atom is -0.497 e. The number of aryl methyl sites for hydroxylation is 1. The Morgan fingerprint density at radius 3 is 2.41 bits per heavy atom. The Hall–Kier alpha value is -2.81. The third-order valence-electron chi connectivity index (χ3n) is 5.03. The average molecular weight is 420 g/mol. The van der Waals surface area contributed by atoms with Crippen LogP contribution in [-0.4, -0.2) is 32.0 Å². The Balaban J connectivity index is 1.80. The van der Waals surface area contributed by atoms with E-state index >= 15 is 0 Å². The van der Waals surface area contributed by atoms with E-state index in [4.69, 9.17) is 4.74 Å². The normalized spacial score (nSPS) is 14.6. The van der Waals surface area contributed by atoms with Gasteiger partial charge in [0.1, 0.15) is 18.0 Å². The van der Waals surface area contributed by atoms with Crippen molar-refractivity contribution in [3.63, 3.8) is 0 Å². The predicted molar refractivity (Wildman–Crippen MR) is 110 cm³/mol. The minimum absolute atomic E-state index is 0.00352. The zero-order valence-corrected chi connectivity index (χ0v) is 17.3. The van der Waals surface area contributed by atoms with Gasteiger partial charge in [0.15, 0.2) is 0 Å². The fourth-order valence-electron chi connectivity index (χ4n) is 3.39. The molecule has 9 heteroatoms. The van der Waals surface area contributed by atoms with E-state index in [0.29, 0.717) is 11.4 Å². The second kappa shape index (κ2) is 8.69. The van der Waals surface area contributed by atoms with Crippen LogP contribution in [0, 0.1) is 6.92 Å². The summed E-state index contributed by atoms with van der Waals surface area (Å²) >= 11 is 0. The summed E-state index contributed by atoms with van der Waals surface area (Å²) < 4.78 is 33.9. The van der Waals surface area contributed by atoms with E-state index < -0.39 is 15.6 Å². The maximum atomic E-state index is 12.8. The lowest BCUT2D eigenvalue weighted by molar-refractivity contribution is -0.122. The zero-order valence-electron chi connectivity index (χ0n) is 16.5. The highest BCUT2D eigenvalue weighted by molar-refractivity contribution is 7.92. The van der Waals surface area contributed by atoms with Crippen molar-refractivity contribution in [2.45, 2.75) is 50.1 Å². The number of nitrogens with one attached hydrogen (secondary N) is 2. The van der Waals surface area contributed by atoms with Gasteiger partial charge >= 0.3 is 0 Å². The third-order valence-corrected chi connectivity index (χ3v) is 6.41. The number of pyridine rings is 1. The molecule has 0 bridgehead atoms. The van der Waals surface area contributed by atoms with Gasteiger partial charge in [0.05, 0.1) is 12.0 Å². The molecule has 156 valence electrons. The molecule has 1 heterocycles. The van der Waals surface area contributed by atoms with Crippen LogP contribution < -0.4 is 20.3 Å². The van der Waals surface area contributed by atoms with Crippen LogP contribution in [-0.2, 0) is 21.4 Å². The van der Waals surface area contributed by atoms with E-state index in [1.54, 1.807) is 13.0 Å². The highest BCUT2D eigenvalue weighted by Gasteiger charge is 2.20. The summed E-state index contributed by atoms with van der Waals surface area (Å²) in [6.45, 7) is 1.55. The molecule has 1 saturated carbocycles. The van der Waals surface area contributed by atoms with Crippen LogP contribution in [0.15, 0.2) is 46.1 Å². The molecule has 29 heavy (non-hydrogen) atoms. The molecule has 1 aromatic carbocycles. The smallest absolute Gasteiger partial charge is 0.275 e. The molecule has 1 aliphatic carbocycles. The summed E-state index contributed by atoms with van der Waals surface area (Å²) in [5.74, 6) is 0.271. The molecule has 1 amide bonds. The number of methoxy groups -OCH3 is 1. The molecule has 0 saturated heterocycles. The molecule has 1 aliphatic rings. The number of hydrogen-bond acceptors (Lipinski definition) is 5. The van der Waals surface area contributed by atoms with Gasteiger partial charge in [-0.15, -0.1) is 0 Å². The molecule has 0 spiro atoms. The summed E-state index contributed by atoms with van der Waals surface area (Å²) in [6, 6.07) is 8.99. The first-order chi connectivity index (χ1) is 13.8. The first-order valence-corrected chi connectivity index (χ1v) is 10.9. The van der Waals surface area contributed by atoms with Crippen molar-refractivity contribution < 1.29 is 17.9 Å². The molecule has 2 aromatic rings. The highest BCUT2D eigenvalue weighted by Crippen LogP contribution is 2.19. The topological polar surface area (TPSA) is 106 Å². The number of nitrogens with zero attached hydrogens (tertiary/aromatic N) is 1. The zero-order chi connectivity index (χ0) is 21.0. The first kappa shape index (κ1) is 20.9. The molecule has 0 radical (unpaired) electrons. The van der Waals surface area contributed by atoms with Crippen molar-refractivity contribution in [3.8, 4) is 5.75 Å².